The average molecular weight is 652 g/mol. The maximum Gasteiger partial charge on any atom is 0.143 e. The van der Waals surface area contributed by atoms with Crippen LogP contribution < -0.4 is 0 Å². The first kappa shape index (κ1) is 27.7. The van der Waals surface area contributed by atoms with Crippen molar-refractivity contribution in [1.82, 2.24) is 4.57 Å². The average Bonchev–Trinajstić information content (AvgIpc) is 3.88. The lowest BCUT2D eigenvalue weighted by atomic mass is 9.72. The van der Waals surface area contributed by atoms with Crippen molar-refractivity contribution in [3.05, 3.63) is 180 Å². The Morgan fingerprint density at radius 2 is 1.29 bits per heavy atom. The van der Waals surface area contributed by atoms with Gasteiger partial charge in [-0.15, -0.1) is 0 Å². The van der Waals surface area contributed by atoms with Gasteiger partial charge in [-0.25, -0.2) is 0 Å². The number of para-hydroxylation sites is 2. The van der Waals surface area contributed by atoms with Gasteiger partial charge in [0.2, 0.25) is 0 Å². The highest BCUT2D eigenvalue weighted by Crippen LogP contribution is 2.57. The van der Waals surface area contributed by atoms with Crippen molar-refractivity contribution < 1.29 is 4.42 Å². The molecule has 8 aromatic rings. The number of hydrogen-bond acceptors (Lipinski definition) is 1. The molecule has 0 bridgehead atoms. The highest BCUT2D eigenvalue weighted by Gasteiger charge is 2.42. The topological polar surface area (TPSA) is 18.1 Å². The molecule has 2 nitrogen and oxygen atoms in total. The van der Waals surface area contributed by atoms with Gasteiger partial charge in [-0.3, -0.25) is 0 Å². The molecule has 0 saturated carbocycles. The summed E-state index contributed by atoms with van der Waals surface area (Å²) < 4.78 is 9.16. The van der Waals surface area contributed by atoms with Crippen LogP contribution in [0.4, 0.5) is 0 Å². The smallest absolute Gasteiger partial charge is 0.143 e. The highest BCUT2D eigenvalue weighted by molar-refractivity contribution is 6.17. The monoisotopic (exact) mass is 651 g/mol. The standard InChI is InChI=1S/C49H33NO/c1-49(2)41-27-26-39-34-13-6-8-17-43(34)51-48(39)45(41)40-25-24-38-33-12-5-7-16-42(33)50(47(38)46(40)49)29-20-18-28(19-21-29)30-22-23-37-32-11-4-3-10-31(32)36-15-9-14-35(30)44(36)37/h3-27,35,44H,1-2H3. The Labute approximate surface area is 296 Å². The summed E-state index contributed by atoms with van der Waals surface area (Å²) in [5.74, 6) is 0.711. The highest BCUT2D eigenvalue weighted by atomic mass is 16.3. The molecule has 0 N–H and O–H groups in total. The van der Waals surface area contributed by atoms with Gasteiger partial charge < -0.3 is 8.98 Å². The van der Waals surface area contributed by atoms with E-state index < -0.39 is 0 Å². The minimum absolute atomic E-state index is 0.224. The van der Waals surface area contributed by atoms with Gasteiger partial charge in [0.05, 0.1) is 11.0 Å². The van der Waals surface area contributed by atoms with Crippen LogP contribution in [0.5, 0.6) is 0 Å². The molecule has 2 heteroatoms. The molecule has 2 aromatic heterocycles. The second-order valence-electron chi connectivity index (χ2n) is 15.2. The van der Waals surface area contributed by atoms with Crippen molar-refractivity contribution in [2.75, 3.05) is 0 Å². The van der Waals surface area contributed by atoms with Gasteiger partial charge in [-0.1, -0.05) is 141 Å². The van der Waals surface area contributed by atoms with Gasteiger partial charge in [-0.05, 0) is 74.4 Å². The fourth-order valence-electron chi connectivity index (χ4n) is 10.2. The number of fused-ring (bicyclic) bond motifs is 14. The van der Waals surface area contributed by atoms with Crippen LogP contribution in [0.2, 0.25) is 0 Å². The van der Waals surface area contributed by atoms with Crippen molar-refractivity contribution >= 4 is 60.5 Å². The van der Waals surface area contributed by atoms with Crippen LogP contribution in [0.1, 0.15) is 41.7 Å². The molecule has 51 heavy (non-hydrogen) atoms. The van der Waals surface area contributed by atoms with Crippen molar-refractivity contribution in [3.8, 4) is 16.8 Å². The van der Waals surface area contributed by atoms with Gasteiger partial charge >= 0.3 is 0 Å². The number of furan rings is 1. The molecule has 0 aliphatic heterocycles. The van der Waals surface area contributed by atoms with Gasteiger partial charge in [-0.2, -0.15) is 0 Å². The number of hydrogen-bond donors (Lipinski definition) is 0. The lowest BCUT2D eigenvalue weighted by molar-refractivity contribution is 0.655. The van der Waals surface area contributed by atoms with E-state index in [1.807, 2.05) is 0 Å². The fraction of sp³-hybridized carbons (Fsp3) is 0.102. The molecule has 2 atom stereocenters. The Hall–Kier alpha value is -6.12. The molecule has 240 valence electrons. The zero-order chi connectivity index (χ0) is 33.6. The molecule has 2 heterocycles. The summed E-state index contributed by atoms with van der Waals surface area (Å²) in [6.07, 6.45) is 11.7. The van der Waals surface area contributed by atoms with Crippen LogP contribution in [0.3, 0.4) is 0 Å². The maximum atomic E-state index is 6.65. The van der Waals surface area contributed by atoms with E-state index in [0.717, 1.165) is 11.2 Å². The molecular weight excluding hydrogens is 619 g/mol. The van der Waals surface area contributed by atoms with Crippen LogP contribution in [-0.4, -0.2) is 4.57 Å². The van der Waals surface area contributed by atoms with Gasteiger partial charge in [0.1, 0.15) is 11.2 Å². The first-order valence-electron chi connectivity index (χ1n) is 18.1. The third kappa shape index (κ3) is 3.43. The van der Waals surface area contributed by atoms with Gasteiger partial charge in [0, 0.05) is 50.0 Å². The fourth-order valence-corrected chi connectivity index (χ4v) is 10.2. The molecule has 0 fully saturated rings. The lowest BCUT2D eigenvalue weighted by Gasteiger charge is -2.31. The van der Waals surface area contributed by atoms with Crippen LogP contribution >= 0.6 is 0 Å². The molecule has 12 rings (SSSR count). The molecule has 4 aliphatic carbocycles. The van der Waals surface area contributed by atoms with E-state index in [1.165, 1.54) is 93.9 Å². The van der Waals surface area contributed by atoms with Crippen molar-refractivity contribution in [3.63, 3.8) is 0 Å². The number of nitrogens with zero attached hydrogens (tertiary/aromatic N) is 1. The summed E-state index contributed by atoms with van der Waals surface area (Å²) in [6, 6.07) is 44.8. The summed E-state index contributed by atoms with van der Waals surface area (Å²) in [5.41, 5.74) is 18.9. The van der Waals surface area contributed by atoms with Crippen molar-refractivity contribution in [1.29, 1.82) is 0 Å². The molecule has 0 radical (unpaired) electrons. The van der Waals surface area contributed by atoms with Crippen LogP contribution in [-0.2, 0) is 5.41 Å². The van der Waals surface area contributed by atoms with E-state index in [9.17, 15) is 0 Å². The summed E-state index contributed by atoms with van der Waals surface area (Å²) >= 11 is 0. The van der Waals surface area contributed by atoms with E-state index in [-0.39, 0.29) is 5.41 Å². The number of aromatic nitrogens is 1. The summed E-state index contributed by atoms with van der Waals surface area (Å²) in [7, 11) is 0. The summed E-state index contributed by atoms with van der Waals surface area (Å²) in [6.45, 7) is 4.77. The van der Waals surface area contributed by atoms with E-state index in [4.69, 9.17) is 4.42 Å². The first-order valence-corrected chi connectivity index (χ1v) is 18.1. The number of rotatable bonds is 2. The SMILES string of the molecule is CC1(C)c2ccc3c(oc4ccccc43)c2-c2ccc3c4ccccc4n(-c4ccc(C5=CC=C6c7ccccc7C7=CC=CC5C76)cc4)c3c21. The van der Waals surface area contributed by atoms with E-state index in [2.05, 4.69) is 170 Å². The number of allylic oxidation sites excluding steroid dienone is 8. The molecule has 2 unspecified atom stereocenters. The Kier molecular flexibility index (Phi) is 5.19. The van der Waals surface area contributed by atoms with E-state index >= 15 is 0 Å². The van der Waals surface area contributed by atoms with Crippen molar-refractivity contribution in [2.24, 2.45) is 11.8 Å². The molecule has 0 saturated heterocycles. The third-order valence-corrected chi connectivity index (χ3v) is 12.4. The predicted molar refractivity (Wildman–Crippen MR) is 212 cm³/mol. The predicted octanol–water partition coefficient (Wildman–Crippen LogP) is 12.7. The molecule has 6 aromatic carbocycles. The van der Waals surface area contributed by atoms with E-state index in [1.54, 1.807) is 0 Å². The van der Waals surface area contributed by atoms with E-state index in [0.29, 0.717) is 11.8 Å². The summed E-state index contributed by atoms with van der Waals surface area (Å²) in [4.78, 5) is 0. The lowest BCUT2D eigenvalue weighted by Crippen LogP contribution is -2.18. The van der Waals surface area contributed by atoms with Crippen molar-refractivity contribution in [2.45, 2.75) is 19.3 Å². The first-order chi connectivity index (χ1) is 25.1. The molecule has 0 spiro atoms. The molecular formula is C49H33NO. The Morgan fingerprint density at radius 1 is 0.588 bits per heavy atom. The Bertz CT molecular complexity index is 2990. The maximum absolute atomic E-state index is 6.65. The summed E-state index contributed by atoms with van der Waals surface area (Å²) in [5, 5.41) is 4.92. The quantitative estimate of drug-likeness (QED) is 0.182. The Balaban J connectivity index is 1.05. The molecule has 4 aliphatic rings. The van der Waals surface area contributed by atoms with Crippen LogP contribution in [0.15, 0.2) is 156 Å². The Morgan fingerprint density at radius 3 is 2.14 bits per heavy atom. The molecule has 0 amide bonds. The third-order valence-electron chi connectivity index (χ3n) is 12.4. The largest absolute Gasteiger partial charge is 0.455 e. The van der Waals surface area contributed by atoms with Gasteiger partial charge in [0.15, 0.2) is 0 Å². The van der Waals surface area contributed by atoms with Gasteiger partial charge in [0.25, 0.3) is 0 Å². The zero-order valence-corrected chi connectivity index (χ0v) is 28.4. The minimum Gasteiger partial charge on any atom is -0.455 e. The second-order valence-corrected chi connectivity index (χ2v) is 15.2. The number of benzene rings is 6. The minimum atomic E-state index is -0.224. The zero-order valence-electron chi connectivity index (χ0n) is 28.4. The van der Waals surface area contributed by atoms with Crippen LogP contribution in [0, 0.1) is 11.8 Å². The second kappa shape index (κ2) is 9.56. The normalized spacial score (nSPS) is 19.2. The van der Waals surface area contributed by atoms with Crippen LogP contribution in [0.25, 0.3) is 77.3 Å².